The molecule has 7 nitrogen and oxygen atoms in total. The number of aromatic amines is 1. The van der Waals surface area contributed by atoms with Gasteiger partial charge in [-0.05, 0) is 31.0 Å². The van der Waals surface area contributed by atoms with Crippen LogP contribution in [0.1, 0.15) is 23.3 Å². The van der Waals surface area contributed by atoms with Gasteiger partial charge >= 0.3 is 0 Å². The van der Waals surface area contributed by atoms with Crippen molar-refractivity contribution in [2.75, 3.05) is 26.2 Å². The number of nitrogens with two attached hydrogens (primary N) is 1. The Balaban J connectivity index is 0.00000225. The van der Waals surface area contributed by atoms with E-state index in [2.05, 4.69) is 31.4 Å². The maximum atomic E-state index is 12.8. The van der Waals surface area contributed by atoms with E-state index in [-0.39, 0.29) is 30.1 Å². The molecule has 0 saturated carbocycles. The first kappa shape index (κ1) is 19.7. The van der Waals surface area contributed by atoms with Gasteiger partial charge in [-0.2, -0.15) is 5.10 Å². The molecule has 25 heavy (non-hydrogen) atoms. The second-order valence-electron chi connectivity index (χ2n) is 5.93. The minimum Gasteiger partial charge on any atom is -0.355 e. The molecule has 1 aromatic heterocycles. The van der Waals surface area contributed by atoms with Gasteiger partial charge in [0.15, 0.2) is 5.69 Å². The van der Waals surface area contributed by atoms with Crippen LogP contribution in [-0.4, -0.2) is 53.1 Å². The molecule has 1 unspecified atom stereocenters. The van der Waals surface area contributed by atoms with Crippen molar-refractivity contribution in [3.8, 4) is 0 Å². The zero-order valence-electron chi connectivity index (χ0n) is 13.6. The summed E-state index contributed by atoms with van der Waals surface area (Å²) in [7, 11) is 0. The third-order valence-corrected chi connectivity index (χ3v) is 4.74. The highest BCUT2D eigenvalue weighted by Gasteiger charge is 2.30. The van der Waals surface area contributed by atoms with Gasteiger partial charge in [0.05, 0.1) is 11.4 Å². The molecular weight excluding hydrogens is 410 g/mol. The van der Waals surface area contributed by atoms with E-state index < -0.39 is 0 Å². The van der Waals surface area contributed by atoms with Crippen LogP contribution < -0.4 is 11.1 Å². The van der Waals surface area contributed by atoms with E-state index in [1.54, 1.807) is 4.90 Å². The second kappa shape index (κ2) is 8.64. The number of benzene rings is 1. The van der Waals surface area contributed by atoms with Crippen molar-refractivity contribution in [3.05, 3.63) is 28.4 Å². The van der Waals surface area contributed by atoms with Crippen molar-refractivity contribution in [2.24, 2.45) is 11.7 Å². The average Bonchev–Trinajstić information content (AvgIpc) is 3.02. The van der Waals surface area contributed by atoms with E-state index in [0.29, 0.717) is 31.9 Å². The van der Waals surface area contributed by atoms with Gasteiger partial charge in [-0.15, -0.1) is 12.4 Å². The zero-order valence-corrected chi connectivity index (χ0v) is 16.0. The smallest absolute Gasteiger partial charge is 0.275 e. The first-order chi connectivity index (χ1) is 11.6. The number of amides is 2. The monoisotopic (exact) mass is 429 g/mol. The fourth-order valence-electron chi connectivity index (χ4n) is 3.01. The summed E-state index contributed by atoms with van der Waals surface area (Å²) < 4.78 is 0.892. The fourth-order valence-corrected chi connectivity index (χ4v) is 3.38. The van der Waals surface area contributed by atoms with Gasteiger partial charge in [-0.1, -0.05) is 15.9 Å². The van der Waals surface area contributed by atoms with Crippen LogP contribution in [0.4, 0.5) is 0 Å². The van der Waals surface area contributed by atoms with Crippen molar-refractivity contribution in [1.82, 2.24) is 20.4 Å². The van der Waals surface area contributed by atoms with Crippen LogP contribution in [0.15, 0.2) is 22.7 Å². The summed E-state index contributed by atoms with van der Waals surface area (Å²) in [4.78, 5) is 26.7. The standard InChI is InChI=1S/C16H20BrN5O2.ClH/c17-11-3-4-13-12(8-11)14(21-20-13)16(24)22-7-1-2-10(9-22)15(23)19-6-5-18;/h3-4,8,10H,1-2,5-7,9,18H2,(H,19,23)(H,20,21);1H. The van der Waals surface area contributed by atoms with Crippen LogP contribution >= 0.6 is 28.3 Å². The van der Waals surface area contributed by atoms with Crippen LogP contribution in [0.2, 0.25) is 0 Å². The maximum absolute atomic E-state index is 12.8. The number of carbonyl (C=O) groups is 2. The molecule has 3 rings (SSSR count). The number of nitrogens with zero attached hydrogens (tertiary/aromatic N) is 2. The summed E-state index contributed by atoms with van der Waals surface area (Å²) in [5.74, 6) is -0.366. The minimum absolute atomic E-state index is 0. The number of hydrogen-bond acceptors (Lipinski definition) is 4. The predicted molar refractivity (Wildman–Crippen MR) is 102 cm³/mol. The van der Waals surface area contributed by atoms with Crippen LogP contribution in [0.25, 0.3) is 10.9 Å². The first-order valence-electron chi connectivity index (χ1n) is 8.01. The molecule has 1 aromatic carbocycles. The molecular formula is C16H21BrClN5O2. The lowest BCUT2D eigenvalue weighted by Crippen LogP contribution is -2.46. The van der Waals surface area contributed by atoms with E-state index in [4.69, 9.17) is 5.73 Å². The highest BCUT2D eigenvalue weighted by atomic mass is 79.9. The molecule has 0 bridgehead atoms. The molecule has 1 fully saturated rings. The number of hydrogen-bond donors (Lipinski definition) is 3. The Hall–Kier alpha value is -1.64. The SMILES string of the molecule is Cl.NCCNC(=O)C1CCCN(C(=O)c2n[nH]c3ccc(Br)cc23)C1. The van der Waals surface area contributed by atoms with Crippen molar-refractivity contribution in [3.63, 3.8) is 0 Å². The quantitative estimate of drug-likeness (QED) is 0.686. The molecule has 136 valence electrons. The van der Waals surface area contributed by atoms with Gasteiger partial charge in [-0.3, -0.25) is 14.7 Å². The molecule has 2 heterocycles. The Bertz CT molecular complexity index is 766. The number of likely N-dealkylation sites (tertiary alicyclic amines) is 1. The predicted octanol–water partition coefficient (Wildman–Crippen LogP) is 1.67. The van der Waals surface area contributed by atoms with Gasteiger partial charge in [0, 0.05) is 36.0 Å². The molecule has 0 radical (unpaired) electrons. The minimum atomic E-state index is -0.189. The third kappa shape index (κ3) is 4.31. The number of fused-ring (bicyclic) bond motifs is 1. The Morgan fingerprint density at radius 1 is 1.44 bits per heavy atom. The van der Waals surface area contributed by atoms with Gasteiger partial charge in [0.1, 0.15) is 0 Å². The summed E-state index contributed by atoms with van der Waals surface area (Å²) >= 11 is 3.42. The van der Waals surface area contributed by atoms with Gasteiger partial charge < -0.3 is 16.0 Å². The van der Waals surface area contributed by atoms with Gasteiger partial charge in [0.2, 0.25) is 5.91 Å². The fraction of sp³-hybridized carbons (Fsp3) is 0.438. The topological polar surface area (TPSA) is 104 Å². The molecule has 2 aromatic rings. The van der Waals surface area contributed by atoms with Crippen molar-refractivity contribution in [1.29, 1.82) is 0 Å². The Morgan fingerprint density at radius 2 is 2.24 bits per heavy atom. The summed E-state index contributed by atoms with van der Waals surface area (Å²) in [6.45, 7) is 1.93. The van der Waals surface area contributed by atoms with Crippen molar-refractivity contribution >= 4 is 51.1 Å². The Kier molecular flexibility index (Phi) is 6.80. The number of piperidine rings is 1. The molecule has 0 aliphatic carbocycles. The summed E-state index contributed by atoms with van der Waals surface area (Å²) in [6, 6.07) is 5.65. The van der Waals surface area contributed by atoms with E-state index in [0.717, 1.165) is 28.2 Å². The van der Waals surface area contributed by atoms with E-state index in [9.17, 15) is 9.59 Å². The third-order valence-electron chi connectivity index (χ3n) is 4.25. The summed E-state index contributed by atoms with van der Waals surface area (Å²) in [5, 5.41) is 10.6. The number of H-pyrrole nitrogens is 1. The molecule has 0 spiro atoms. The number of nitrogens with one attached hydrogen (secondary N) is 2. The molecule has 1 aliphatic heterocycles. The Labute approximate surface area is 160 Å². The molecule has 1 atom stereocenters. The number of aromatic nitrogens is 2. The van der Waals surface area contributed by atoms with E-state index in [1.807, 2.05) is 18.2 Å². The van der Waals surface area contributed by atoms with E-state index in [1.165, 1.54) is 0 Å². The first-order valence-corrected chi connectivity index (χ1v) is 8.80. The van der Waals surface area contributed by atoms with Crippen molar-refractivity contribution < 1.29 is 9.59 Å². The molecule has 4 N–H and O–H groups in total. The number of halogens is 2. The summed E-state index contributed by atoms with van der Waals surface area (Å²) in [5.41, 5.74) is 6.63. The normalized spacial score (nSPS) is 17.2. The lowest BCUT2D eigenvalue weighted by Gasteiger charge is -2.31. The molecule has 9 heteroatoms. The van der Waals surface area contributed by atoms with E-state index >= 15 is 0 Å². The molecule has 1 saturated heterocycles. The highest BCUT2D eigenvalue weighted by molar-refractivity contribution is 9.10. The van der Waals surface area contributed by atoms with Crippen LogP contribution in [0.5, 0.6) is 0 Å². The van der Waals surface area contributed by atoms with Crippen molar-refractivity contribution in [2.45, 2.75) is 12.8 Å². The summed E-state index contributed by atoms with van der Waals surface area (Å²) in [6.07, 6.45) is 1.59. The average molecular weight is 431 g/mol. The van der Waals surface area contributed by atoms with Gasteiger partial charge in [0.25, 0.3) is 5.91 Å². The highest BCUT2D eigenvalue weighted by Crippen LogP contribution is 2.24. The maximum Gasteiger partial charge on any atom is 0.275 e. The lowest BCUT2D eigenvalue weighted by molar-refractivity contribution is -0.126. The largest absolute Gasteiger partial charge is 0.355 e. The number of carbonyl (C=O) groups excluding carboxylic acids is 2. The van der Waals surface area contributed by atoms with Crippen LogP contribution in [-0.2, 0) is 4.79 Å². The van der Waals surface area contributed by atoms with Gasteiger partial charge in [-0.25, -0.2) is 0 Å². The number of rotatable bonds is 4. The zero-order chi connectivity index (χ0) is 17.1. The molecule has 1 aliphatic rings. The van der Waals surface area contributed by atoms with Crippen LogP contribution in [0, 0.1) is 5.92 Å². The van der Waals surface area contributed by atoms with Crippen LogP contribution in [0.3, 0.4) is 0 Å². The second-order valence-corrected chi connectivity index (χ2v) is 6.85. The molecule has 2 amide bonds. The Morgan fingerprint density at radius 3 is 3.00 bits per heavy atom. The lowest BCUT2D eigenvalue weighted by atomic mass is 9.96.